The molecule has 178 valence electrons. The molecule has 6 nitrogen and oxygen atoms in total. The summed E-state index contributed by atoms with van der Waals surface area (Å²) in [5, 5.41) is 6.61. The van der Waals surface area contributed by atoms with Gasteiger partial charge in [0.05, 0.1) is 12.8 Å². The summed E-state index contributed by atoms with van der Waals surface area (Å²) in [6.45, 7) is 2.15. The van der Waals surface area contributed by atoms with Gasteiger partial charge in [-0.3, -0.25) is 9.59 Å². The molecule has 2 rings (SSSR count). The van der Waals surface area contributed by atoms with E-state index in [0.717, 1.165) is 24.2 Å². The maximum atomic E-state index is 11.9. The van der Waals surface area contributed by atoms with Crippen molar-refractivity contribution in [1.29, 1.82) is 0 Å². The zero-order valence-electron chi connectivity index (χ0n) is 19.7. The summed E-state index contributed by atoms with van der Waals surface area (Å²) in [5.41, 5.74) is 3.23. The molecule has 0 atom stereocenters. The summed E-state index contributed by atoms with van der Waals surface area (Å²) >= 11 is 0. The quantitative estimate of drug-likeness (QED) is 0.188. The summed E-state index contributed by atoms with van der Waals surface area (Å²) < 4.78 is 5.79. The molecule has 0 aliphatic rings. The van der Waals surface area contributed by atoms with Crippen LogP contribution in [-0.4, -0.2) is 24.6 Å². The Hall–Kier alpha value is -3.15. The lowest BCUT2D eigenvalue weighted by atomic mass is 10.1. The molecule has 2 aromatic carbocycles. The zero-order valence-corrected chi connectivity index (χ0v) is 19.7. The number of rotatable bonds is 16. The first-order valence-corrected chi connectivity index (χ1v) is 12.1. The lowest BCUT2D eigenvalue weighted by molar-refractivity contribution is -0.126. The van der Waals surface area contributed by atoms with Gasteiger partial charge in [-0.15, -0.1) is 0 Å². The van der Waals surface area contributed by atoms with E-state index in [9.17, 15) is 9.59 Å². The summed E-state index contributed by atoms with van der Waals surface area (Å²) in [5.74, 6) is 0.976. The van der Waals surface area contributed by atoms with Crippen LogP contribution in [0.15, 0.2) is 59.7 Å². The van der Waals surface area contributed by atoms with E-state index in [1.807, 2.05) is 54.6 Å². The standard InChI is InChI=1S/C27H37N3O3/c1-2-3-4-5-6-7-8-9-13-19-26(31)28-22-27(32)30-29-21-23-15-14-18-25(20-23)33-24-16-11-10-12-17-24/h10-12,14-18,20-21H,2-9,13,19,22H2,1H3,(H,28,31)(H,30,32)/b29-21-. The van der Waals surface area contributed by atoms with Crippen LogP contribution in [0.2, 0.25) is 0 Å². The first kappa shape index (κ1) is 26.1. The Balaban J connectivity index is 1.56. The number of benzene rings is 2. The van der Waals surface area contributed by atoms with Gasteiger partial charge in [-0.2, -0.15) is 5.10 Å². The third kappa shape index (κ3) is 12.5. The van der Waals surface area contributed by atoms with Gasteiger partial charge in [0.1, 0.15) is 11.5 Å². The van der Waals surface area contributed by atoms with Crippen molar-refractivity contribution in [2.24, 2.45) is 5.10 Å². The normalized spacial score (nSPS) is 10.8. The van der Waals surface area contributed by atoms with Crippen LogP contribution in [-0.2, 0) is 9.59 Å². The molecule has 0 bridgehead atoms. The van der Waals surface area contributed by atoms with Gasteiger partial charge >= 0.3 is 0 Å². The second kappa shape index (κ2) is 16.5. The molecular weight excluding hydrogens is 414 g/mol. The number of hydrazone groups is 1. The van der Waals surface area contributed by atoms with Gasteiger partial charge in [0, 0.05) is 6.42 Å². The lowest BCUT2D eigenvalue weighted by Gasteiger charge is -2.06. The predicted molar refractivity (Wildman–Crippen MR) is 134 cm³/mol. The van der Waals surface area contributed by atoms with E-state index in [4.69, 9.17) is 4.74 Å². The molecule has 0 radical (unpaired) electrons. The number of hydrogen-bond acceptors (Lipinski definition) is 4. The largest absolute Gasteiger partial charge is 0.457 e. The van der Waals surface area contributed by atoms with Crippen molar-refractivity contribution >= 4 is 18.0 Å². The lowest BCUT2D eigenvalue weighted by Crippen LogP contribution is -2.34. The zero-order chi connectivity index (χ0) is 23.6. The van der Waals surface area contributed by atoms with Crippen LogP contribution in [0, 0.1) is 0 Å². The van der Waals surface area contributed by atoms with Crippen LogP contribution in [0.4, 0.5) is 0 Å². The van der Waals surface area contributed by atoms with Crippen LogP contribution in [0.1, 0.15) is 76.7 Å². The maximum Gasteiger partial charge on any atom is 0.259 e. The molecule has 0 saturated carbocycles. The van der Waals surface area contributed by atoms with Crippen molar-refractivity contribution in [2.45, 2.75) is 71.1 Å². The highest BCUT2D eigenvalue weighted by atomic mass is 16.5. The van der Waals surface area contributed by atoms with E-state index in [2.05, 4.69) is 22.8 Å². The van der Waals surface area contributed by atoms with E-state index < -0.39 is 0 Å². The first-order chi connectivity index (χ1) is 16.2. The second-order valence-electron chi connectivity index (χ2n) is 8.14. The summed E-state index contributed by atoms with van der Waals surface area (Å²) in [7, 11) is 0. The predicted octanol–water partition coefficient (Wildman–Crippen LogP) is 5.97. The molecule has 2 aromatic rings. The summed E-state index contributed by atoms with van der Waals surface area (Å²) in [4.78, 5) is 23.8. The highest BCUT2D eigenvalue weighted by Gasteiger charge is 2.05. The number of nitrogens with one attached hydrogen (secondary N) is 2. The average Bonchev–Trinajstić information content (AvgIpc) is 2.82. The van der Waals surface area contributed by atoms with Gasteiger partial charge in [-0.1, -0.05) is 88.6 Å². The number of para-hydroxylation sites is 1. The monoisotopic (exact) mass is 451 g/mol. The molecule has 0 aromatic heterocycles. The number of ether oxygens (including phenoxy) is 1. The molecule has 2 N–H and O–H groups in total. The maximum absolute atomic E-state index is 11.9. The molecular formula is C27H37N3O3. The minimum Gasteiger partial charge on any atom is -0.457 e. The van der Waals surface area contributed by atoms with Gasteiger partial charge in [0.25, 0.3) is 5.91 Å². The fourth-order valence-corrected chi connectivity index (χ4v) is 3.36. The Morgan fingerprint density at radius 1 is 0.818 bits per heavy atom. The van der Waals surface area contributed by atoms with Crippen LogP contribution < -0.4 is 15.5 Å². The Labute approximate surface area is 197 Å². The number of nitrogens with zero attached hydrogens (tertiary/aromatic N) is 1. The SMILES string of the molecule is CCCCCCCCCCCC(=O)NCC(=O)N/N=C\c1cccc(Oc2ccccc2)c1. The molecule has 0 unspecified atom stereocenters. The van der Waals surface area contributed by atoms with E-state index in [0.29, 0.717) is 12.2 Å². The first-order valence-electron chi connectivity index (χ1n) is 12.1. The minimum atomic E-state index is -0.358. The minimum absolute atomic E-state index is 0.0786. The highest BCUT2D eigenvalue weighted by molar-refractivity contribution is 5.86. The molecule has 0 aliphatic heterocycles. The van der Waals surface area contributed by atoms with E-state index >= 15 is 0 Å². The van der Waals surface area contributed by atoms with E-state index in [1.165, 1.54) is 44.9 Å². The molecule has 6 heteroatoms. The van der Waals surface area contributed by atoms with E-state index in [-0.39, 0.29) is 18.4 Å². The van der Waals surface area contributed by atoms with Crippen molar-refractivity contribution in [3.05, 3.63) is 60.2 Å². The van der Waals surface area contributed by atoms with Crippen molar-refractivity contribution < 1.29 is 14.3 Å². The van der Waals surface area contributed by atoms with Gasteiger partial charge in [-0.25, -0.2) is 5.43 Å². The Kier molecular flexibility index (Phi) is 13.0. The molecule has 33 heavy (non-hydrogen) atoms. The highest BCUT2D eigenvalue weighted by Crippen LogP contribution is 2.21. The molecule has 0 heterocycles. The number of unbranched alkanes of at least 4 members (excludes halogenated alkanes) is 8. The van der Waals surface area contributed by atoms with Crippen molar-refractivity contribution in [2.75, 3.05) is 6.54 Å². The van der Waals surface area contributed by atoms with Crippen molar-refractivity contribution in [3.8, 4) is 11.5 Å². The molecule has 2 amide bonds. The van der Waals surface area contributed by atoms with Crippen LogP contribution in [0.5, 0.6) is 11.5 Å². The molecule has 0 fully saturated rings. The third-order valence-electron chi connectivity index (χ3n) is 5.19. The fourth-order valence-electron chi connectivity index (χ4n) is 3.36. The Bertz CT molecular complexity index is 853. The van der Waals surface area contributed by atoms with Crippen molar-refractivity contribution in [3.63, 3.8) is 0 Å². The van der Waals surface area contributed by atoms with Crippen LogP contribution in [0.25, 0.3) is 0 Å². The van der Waals surface area contributed by atoms with Gasteiger partial charge in [0.2, 0.25) is 5.91 Å². The number of carbonyl (C=O) groups is 2. The van der Waals surface area contributed by atoms with Gasteiger partial charge < -0.3 is 10.1 Å². The van der Waals surface area contributed by atoms with Gasteiger partial charge in [0.15, 0.2) is 0 Å². The smallest absolute Gasteiger partial charge is 0.259 e. The summed E-state index contributed by atoms with van der Waals surface area (Å²) in [6, 6.07) is 16.9. The Morgan fingerprint density at radius 3 is 2.21 bits per heavy atom. The summed E-state index contributed by atoms with van der Waals surface area (Å²) in [6.07, 6.45) is 12.9. The number of amides is 2. The molecule has 0 spiro atoms. The van der Waals surface area contributed by atoms with Crippen LogP contribution in [0.3, 0.4) is 0 Å². The third-order valence-corrected chi connectivity index (χ3v) is 5.19. The Morgan fingerprint density at radius 2 is 1.48 bits per heavy atom. The van der Waals surface area contributed by atoms with Gasteiger partial charge in [-0.05, 0) is 36.2 Å². The number of carbonyl (C=O) groups excluding carboxylic acids is 2. The van der Waals surface area contributed by atoms with Crippen molar-refractivity contribution in [1.82, 2.24) is 10.7 Å². The molecule has 0 aliphatic carbocycles. The number of hydrogen-bond donors (Lipinski definition) is 2. The fraction of sp³-hybridized carbons (Fsp3) is 0.444. The van der Waals surface area contributed by atoms with Crippen LogP contribution >= 0.6 is 0 Å². The van der Waals surface area contributed by atoms with E-state index in [1.54, 1.807) is 6.21 Å². The molecule has 0 saturated heterocycles. The average molecular weight is 452 g/mol. The second-order valence-corrected chi connectivity index (χ2v) is 8.14. The topological polar surface area (TPSA) is 79.8 Å².